The van der Waals surface area contributed by atoms with Crippen molar-refractivity contribution in [1.82, 2.24) is 9.78 Å². The third-order valence-electron chi connectivity index (χ3n) is 1.92. The predicted molar refractivity (Wildman–Crippen MR) is 59.9 cm³/mol. The minimum Gasteiger partial charge on any atom is -0.424 e. The molecule has 0 unspecified atom stereocenters. The van der Waals surface area contributed by atoms with Gasteiger partial charge in [0, 0.05) is 13.1 Å². The fourth-order valence-electron chi connectivity index (χ4n) is 1.32. The Balaban J connectivity index is 2.43. The first kappa shape index (κ1) is 10.7. The summed E-state index contributed by atoms with van der Waals surface area (Å²) in [5.74, 6) is 0.0838. The molecule has 0 bridgehead atoms. The minimum absolute atomic E-state index is 0.370. The summed E-state index contributed by atoms with van der Waals surface area (Å²) in [5, 5.41) is 4.57. The van der Waals surface area contributed by atoms with Gasteiger partial charge in [-0.15, -0.1) is 0 Å². The van der Waals surface area contributed by atoms with E-state index >= 15 is 0 Å². The van der Waals surface area contributed by atoms with Crippen molar-refractivity contribution in [3.63, 3.8) is 0 Å². The van der Waals surface area contributed by atoms with Crippen LogP contribution in [-0.4, -0.2) is 15.7 Å². The summed E-state index contributed by atoms with van der Waals surface area (Å²) < 4.78 is 6.62. The standard InChI is InChI=1S/C11H9ClN2O2/c1-8(15)16-11-5-3-2-4-10(11)14-7-9(12)6-13-14/h2-7H,1H3. The molecule has 0 amide bonds. The van der Waals surface area contributed by atoms with E-state index in [1.54, 1.807) is 29.1 Å². The maximum Gasteiger partial charge on any atom is 0.308 e. The normalized spacial score (nSPS) is 10.1. The quantitative estimate of drug-likeness (QED) is 0.594. The molecule has 0 aliphatic heterocycles. The summed E-state index contributed by atoms with van der Waals surface area (Å²) in [6, 6.07) is 7.11. The highest BCUT2D eigenvalue weighted by Gasteiger charge is 2.08. The predicted octanol–water partition coefficient (Wildman–Crippen LogP) is 2.45. The number of esters is 1. The molecular formula is C11H9ClN2O2. The van der Waals surface area contributed by atoms with Gasteiger partial charge >= 0.3 is 5.97 Å². The maximum absolute atomic E-state index is 10.9. The Bertz CT molecular complexity index is 522. The highest BCUT2D eigenvalue weighted by molar-refractivity contribution is 6.30. The van der Waals surface area contributed by atoms with Crippen LogP contribution in [0.25, 0.3) is 5.69 Å². The molecule has 0 aliphatic rings. The second kappa shape index (κ2) is 4.37. The molecule has 0 atom stereocenters. The average Bonchev–Trinajstić information content (AvgIpc) is 2.65. The lowest BCUT2D eigenvalue weighted by Crippen LogP contribution is -2.05. The second-order valence-electron chi connectivity index (χ2n) is 3.16. The SMILES string of the molecule is CC(=O)Oc1ccccc1-n1cc(Cl)cn1. The first-order chi connectivity index (χ1) is 7.66. The van der Waals surface area contributed by atoms with E-state index in [0.29, 0.717) is 16.5 Å². The molecule has 4 nitrogen and oxygen atoms in total. The molecule has 1 heterocycles. The molecular weight excluding hydrogens is 228 g/mol. The van der Waals surface area contributed by atoms with E-state index in [1.165, 1.54) is 13.1 Å². The lowest BCUT2D eigenvalue weighted by molar-refractivity contribution is -0.131. The van der Waals surface area contributed by atoms with E-state index < -0.39 is 0 Å². The highest BCUT2D eigenvalue weighted by atomic mass is 35.5. The third-order valence-corrected chi connectivity index (χ3v) is 2.11. The van der Waals surface area contributed by atoms with Crippen LogP contribution < -0.4 is 4.74 Å². The van der Waals surface area contributed by atoms with Gasteiger partial charge in [0.15, 0.2) is 5.75 Å². The molecule has 0 N–H and O–H groups in total. The number of carbonyl (C=O) groups is 1. The van der Waals surface area contributed by atoms with Crippen molar-refractivity contribution in [3.8, 4) is 11.4 Å². The van der Waals surface area contributed by atoms with Crippen molar-refractivity contribution < 1.29 is 9.53 Å². The lowest BCUT2D eigenvalue weighted by Gasteiger charge is -2.07. The Morgan fingerprint density at radius 3 is 2.81 bits per heavy atom. The molecule has 1 aromatic carbocycles. The zero-order chi connectivity index (χ0) is 11.5. The summed E-state index contributed by atoms with van der Waals surface area (Å²) in [6.07, 6.45) is 3.16. The van der Waals surface area contributed by atoms with Crippen LogP contribution in [0.1, 0.15) is 6.92 Å². The van der Waals surface area contributed by atoms with Crippen molar-refractivity contribution in [1.29, 1.82) is 0 Å². The van der Waals surface area contributed by atoms with Crippen molar-refractivity contribution in [2.24, 2.45) is 0 Å². The van der Waals surface area contributed by atoms with Crippen LogP contribution in [-0.2, 0) is 4.79 Å². The van der Waals surface area contributed by atoms with Crippen LogP contribution >= 0.6 is 11.6 Å². The molecule has 82 valence electrons. The number of benzene rings is 1. The van der Waals surface area contributed by atoms with E-state index in [1.807, 2.05) is 6.07 Å². The Hall–Kier alpha value is -1.81. The summed E-state index contributed by atoms with van der Waals surface area (Å²) in [7, 11) is 0. The van der Waals surface area contributed by atoms with Crippen molar-refractivity contribution >= 4 is 17.6 Å². The van der Waals surface area contributed by atoms with E-state index in [0.717, 1.165) is 0 Å². The van der Waals surface area contributed by atoms with Crippen molar-refractivity contribution in [3.05, 3.63) is 41.7 Å². The molecule has 0 fully saturated rings. The van der Waals surface area contributed by atoms with Crippen LogP contribution in [0.3, 0.4) is 0 Å². The summed E-state index contributed by atoms with van der Waals surface area (Å²) in [6.45, 7) is 1.35. The van der Waals surface area contributed by atoms with Gasteiger partial charge in [0.05, 0.1) is 11.2 Å². The van der Waals surface area contributed by atoms with Gasteiger partial charge in [-0.05, 0) is 12.1 Å². The molecule has 1 aromatic heterocycles. The zero-order valence-electron chi connectivity index (χ0n) is 8.55. The monoisotopic (exact) mass is 236 g/mol. The van der Waals surface area contributed by atoms with Crippen molar-refractivity contribution in [2.75, 3.05) is 0 Å². The number of hydrogen-bond acceptors (Lipinski definition) is 3. The van der Waals surface area contributed by atoms with Gasteiger partial charge in [0.1, 0.15) is 5.69 Å². The van der Waals surface area contributed by atoms with Crippen LogP contribution in [0.2, 0.25) is 5.02 Å². The fraction of sp³-hybridized carbons (Fsp3) is 0.0909. The summed E-state index contributed by atoms with van der Waals surface area (Å²) >= 11 is 5.78. The number of nitrogens with zero attached hydrogens (tertiary/aromatic N) is 2. The Morgan fingerprint density at radius 1 is 1.44 bits per heavy atom. The van der Waals surface area contributed by atoms with Crippen LogP contribution in [0, 0.1) is 0 Å². The minimum atomic E-state index is -0.370. The molecule has 2 aromatic rings. The van der Waals surface area contributed by atoms with Crippen LogP contribution in [0.4, 0.5) is 0 Å². The Labute approximate surface area is 97.4 Å². The van der Waals surface area contributed by atoms with Gasteiger partial charge in [0.2, 0.25) is 0 Å². The first-order valence-electron chi connectivity index (χ1n) is 4.65. The maximum atomic E-state index is 10.9. The number of rotatable bonds is 2. The van der Waals surface area contributed by atoms with Gasteiger partial charge in [-0.25, -0.2) is 4.68 Å². The largest absolute Gasteiger partial charge is 0.424 e. The molecule has 0 spiro atoms. The van der Waals surface area contributed by atoms with Crippen LogP contribution in [0.5, 0.6) is 5.75 Å². The third kappa shape index (κ3) is 2.23. The Morgan fingerprint density at radius 2 is 2.19 bits per heavy atom. The van der Waals surface area contributed by atoms with Gasteiger partial charge in [-0.2, -0.15) is 5.10 Å². The molecule has 0 saturated heterocycles. The second-order valence-corrected chi connectivity index (χ2v) is 3.60. The topological polar surface area (TPSA) is 44.1 Å². The molecule has 2 rings (SSSR count). The van der Waals surface area contributed by atoms with Gasteiger partial charge in [-0.1, -0.05) is 23.7 Å². The number of ether oxygens (including phenoxy) is 1. The van der Waals surface area contributed by atoms with E-state index in [9.17, 15) is 4.79 Å². The number of halogens is 1. The molecule has 0 radical (unpaired) electrons. The fourth-order valence-corrected chi connectivity index (χ4v) is 1.46. The van der Waals surface area contributed by atoms with Gasteiger partial charge < -0.3 is 4.74 Å². The number of hydrogen-bond donors (Lipinski definition) is 0. The smallest absolute Gasteiger partial charge is 0.308 e. The Kier molecular flexibility index (Phi) is 2.92. The molecule has 5 heteroatoms. The van der Waals surface area contributed by atoms with Crippen molar-refractivity contribution in [2.45, 2.75) is 6.92 Å². The highest BCUT2D eigenvalue weighted by Crippen LogP contribution is 2.23. The molecule has 16 heavy (non-hydrogen) atoms. The van der Waals surface area contributed by atoms with E-state index in [2.05, 4.69) is 5.10 Å². The van der Waals surface area contributed by atoms with Gasteiger partial charge in [-0.3, -0.25) is 4.79 Å². The van der Waals surface area contributed by atoms with E-state index in [-0.39, 0.29) is 5.97 Å². The molecule has 0 saturated carbocycles. The van der Waals surface area contributed by atoms with Gasteiger partial charge in [0.25, 0.3) is 0 Å². The average molecular weight is 237 g/mol. The number of para-hydroxylation sites is 2. The lowest BCUT2D eigenvalue weighted by atomic mass is 10.3. The number of aromatic nitrogens is 2. The first-order valence-corrected chi connectivity index (χ1v) is 5.02. The molecule has 0 aliphatic carbocycles. The number of carbonyl (C=O) groups excluding carboxylic acids is 1. The summed E-state index contributed by atoms with van der Waals surface area (Å²) in [5.41, 5.74) is 0.671. The van der Waals surface area contributed by atoms with E-state index in [4.69, 9.17) is 16.3 Å². The summed E-state index contributed by atoms with van der Waals surface area (Å²) in [4.78, 5) is 10.9. The van der Waals surface area contributed by atoms with Crippen LogP contribution in [0.15, 0.2) is 36.7 Å². The zero-order valence-corrected chi connectivity index (χ0v) is 9.31.